The number of carbonyl (C=O) groups is 1. The van der Waals surface area contributed by atoms with E-state index in [-0.39, 0.29) is 12.5 Å². The SMILES string of the molecule is CCn1nc(NC(=O)COc2cccc(C)c2)c2cc3ccccc3nc21. The number of carbonyl (C=O) groups excluding carboxylic acids is 1. The van der Waals surface area contributed by atoms with E-state index in [9.17, 15) is 4.79 Å². The lowest BCUT2D eigenvalue weighted by Crippen LogP contribution is -2.20. The monoisotopic (exact) mass is 360 g/mol. The topological polar surface area (TPSA) is 69.0 Å². The molecule has 0 saturated carbocycles. The highest BCUT2D eigenvalue weighted by molar-refractivity contribution is 6.03. The van der Waals surface area contributed by atoms with E-state index in [0.717, 1.165) is 27.5 Å². The lowest BCUT2D eigenvalue weighted by atomic mass is 10.2. The normalized spacial score (nSPS) is 11.0. The van der Waals surface area contributed by atoms with E-state index in [0.29, 0.717) is 18.1 Å². The standard InChI is InChI=1S/C21H20N4O2/c1-3-25-21-17(12-15-8-4-5-10-18(15)22-21)20(24-25)23-19(26)13-27-16-9-6-7-14(2)11-16/h4-12H,3,13H2,1-2H3,(H,23,24,26). The Morgan fingerprint density at radius 1 is 1.15 bits per heavy atom. The van der Waals surface area contributed by atoms with Crippen molar-refractivity contribution in [3.63, 3.8) is 0 Å². The number of nitrogens with one attached hydrogen (secondary N) is 1. The molecule has 2 aromatic heterocycles. The molecule has 2 heterocycles. The summed E-state index contributed by atoms with van der Waals surface area (Å²) in [6.07, 6.45) is 0. The number of para-hydroxylation sites is 1. The lowest BCUT2D eigenvalue weighted by Gasteiger charge is -2.07. The van der Waals surface area contributed by atoms with Gasteiger partial charge in [0.1, 0.15) is 5.75 Å². The minimum Gasteiger partial charge on any atom is -0.484 e. The second-order valence-corrected chi connectivity index (χ2v) is 6.37. The largest absolute Gasteiger partial charge is 0.484 e. The van der Waals surface area contributed by atoms with Crippen LogP contribution in [0.15, 0.2) is 54.6 Å². The fourth-order valence-electron chi connectivity index (χ4n) is 3.03. The molecule has 0 fully saturated rings. The van der Waals surface area contributed by atoms with Crippen LogP contribution >= 0.6 is 0 Å². The molecule has 0 unspecified atom stereocenters. The van der Waals surface area contributed by atoms with Gasteiger partial charge in [-0.15, -0.1) is 0 Å². The molecule has 0 atom stereocenters. The first-order valence-corrected chi connectivity index (χ1v) is 8.89. The molecule has 1 N–H and O–H groups in total. The van der Waals surface area contributed by atoms with E-state index >= 15 is 0 Å². The van der Waals surface area contributed by atoms with Gasteiger partial charge in [0.2, 0.25) is 0 Å². The molecule has 0 spiro atoms. The van der Waals surface area contributed by atoms with Crippen LogP contribution < -0.4 is 10.1 Å². The number of hydrogen-bond acceptors (Lipinski definition) is 4. The Balaban J connectivity index is 1.59. The van der Waals surface area contributed by atoms with Crippen LogP contribution in [0.2, 0.25) is 0 Å². The molecule has 136 valence electrons. The zero-order chi connectivity index (χ0) is 18.8. The third kappa shape index (κ3) is 3.46. The second kappa shape index (κ2) is 7.07. The van der Waals surface area contributed by atoms with Gasteiger partial charge in [0.25, 0.3) is 5.91 Å². The quantitative estimate of drug-likeness (QED) is 0.585. The summed E-state index contributed by atoms with van der Waals surface area (Å²) in [4.78, 5) is 17.1. The number of rotatable bonds is 5. The van der Waals surface area contributed by atoms with Crippen LogP contribution in [0.5, 0.6) is 5.75 Å². The molecular weight excluding hydrogens is 340 g/mol. The summed E-state index contributed by atoms with van der Waals surface area (Å²) >= 11 is 0. The van der Waals surface area contributed by atoms with Crippen molar-refractivity contribution in [1.29, 1.82) is 0 Å². The van der Waals surface area contributed by atoms with Gasteiger partial charge in [0, 0.05) is 11.9 Å². The highest BCUT2D eigenvalue weighted by atomic mass is 16.5. The number of aryl methyl sites for hydroxylation is 2. The van der Waals surface area contributed by atoms with Gasteiger partial charge < -0.3 is 10.1 Å². The molecule has 4 aromatic rings. The van der Waals surface area contributed by atoms with E-state index in [1.54, 1.807) is 4.68 Å². The minimum atomic E-state index is -0.257. The second-order valence-electron chi connectivity index (χ2n) is 6.37. The highest BCUT2D eigenvalue weighted by Gasteiger charge is 2.15. The van der Waals surface area contributed by atoms with Crippen molar-refractivity contribution in [2.75, 3.05) is 11.9 Å². The van der Waals surface area contributed by atoms with Crippen LogP contribution in [-0.4, -0.2) is 27.3 Å². The van der Waals surface area contributed by atoms with Gasteiger partial charge in [-0.2, -0.15) is 5.10 Å². The molecule has 0 radical (unpaired) electrons. The van der Waals surface area contributed by atoms with Crippen LogP contribution in [-0.2, 0) is 11.3 Å². The van der Waals surface area contributed by atoms with E-state index < -0.39 is 0 Å². The predicted octanol–water partition coefficient (Wildman–Crippen LogP) is 3.93. The molecule has 4 rings (SSSR count). The number of benzene rings is 2. The van der Waals surface area contributed by atoms with Gasteiger partial charge in [-0.3, -0.25) is 4.79 Å². The van der Waals surface area contributed by atoms with Crippen molar-refractivity contribution in [3.05, 3.63) is 60.2 Å². The van der Waals surface area contributed by atoms with Crippen LogP contribution in [0.1, 0.15) is 12.5 Å². The fourth-order valence-corrected chi connectivity index (χ4v) is 3.03. The number of aromatic nitrogens is 3. The predicted molar refractivity (Wildman–Crippen MR) is 106 cm³/mol. The number of hydrogen-bond donors (Lipinski definition) is 1. The third-order valence-electron chi connectivity index (χ3n) is 4.34. The summed E-state index contributed by atoms with van der Waals surface area (Å²) < 4.78 is 7.36. The Labute approximate surface area is 156 Å². The summed E-state index contributed by atoms with van der Waals surface area (Å²) in [5.74, 6) is 0.914. The summed E-state index contributed by atoms with van der Waals surface area (Å²) in [7, 11) is 0. The Kier molecular flexibility index (Phi) is 4.46. The van der Waals surface area contributed by atoms with Crippen LogP contribution in [0.4, 0.5) is 5.82 Å². The molecule has 0 aliphatic heterocycles. The molecule has 6 heteroatoms. The Morgan fingerprint density at radius 2 is 2.00 bits per heavy atom. The fraction of sp³-hybridized carbons (Fsp3) is 0.190. The highest BCUT2D eigenvalue weighted by Crippen LogP contribution is 2.26. The van der Waals surface area contributed by atoms with Gasteiger partial charge >= 0.3 is 0 Å². The third-order valence-corrected chi connectivity index (χ3v) is 4.34. The number of anilines is 1. The molecule has 0 aliphatic rings. The Morgan fingerprint density at radius 3 is 2.81 bits per heavy atom. The van der Waals surface area contributed by atoms with Crippen molar-refractivity contribution < 1.29 is 9.53 Å². The van der Waals surface area contributed by atoms with Crippen molar-refractivity contribution in [2.45, 2.75) is 20.4 Å². The first-order valence-electron chi connectivity index (χ1n) is 8.89. The van der Waals surface area contributed by atoms with E-state index in [1.807, 2.05) is 68.4 Å². The molecule has 0 saturated heterocycles. The van der Waals surface area contributed by atoms with Crippen molar-refractivity contribution in [2.24, 2.45) is 0 Å². The Hall–Kier alpha value is -3.41. The van der Waals surface area contributed by atoms with E-state index in [2.05, 4.69) is 10.4 Å². The van der Waals surface area contributed by atoms with Gasteiger partial charge in [-0.1, -0.05) is 30.3 Å². The zero-order valence-corrected chi connectivity index (χ0v) is 15.3. The first-order chi connectivity index (χ1) is 13.1. The van der Waals surface area contributed by atoms with Crippen LogP contribution in [0, 0.1) is 6.92 Å². The van der Waals surface area contributed by atoms with Gasteiger partial charge in [0.05, 0.1) is 10.9 Å². The molecule has 0 bridgehead atoms. The molecule has 2 aromatic carbocycles. The smallest absolute Gasteiger partial charge is 0.263 e. The number of pyridine rings is 1. The molecule has 6 nitrogen and oxygen atoms in total. The molecule has 0 aliphatic carbocycles. The maximum absolute atomic E-state index is 12.4. The first kappa shape index (κ1) is 17.0. The molecule has 27 heavy (non-hydrogen) atoms. The maximum Gasteiger partial charge on any atom is 0.263 e. The van der Waals surface area contributed by atoms with Gasteiger partial charge in [-0.25, -0.2) is 9.67 Å². The molecular formula is C21H20N4O2. The van der Waals surface area contributed by atoms with Crippen molar-refractivity contribution in [3.8, 4) is 5.75 Å². The van der Waals surface area contributed by atoms with E-state index in [1.165, 1.54) is 0 Å². The zero-order valence-electron chi connectivity index (χ0n) is 15.3. The number of nitrogens with zero attached hydrogens (tertiary/aromatic N) is 3. The average Bonchev–Trinajstić information content (AvgIpc) is 3.01. The van der Waals surface area contributed by atoms with Crippen LogP contribution in [0.25, 0.3) is 21.9 Å². The van der Waals surface area contributed by atoms with Crippen molar-refractivity contribution in [1.82, 2.24) is 14.8 Å². The summed E-state index contributed by atoms with van der Waals surface area (Å²) in [6.45, 7) is 4.56. The number of fused-ring (bicyclic) bond motifs is 2. The van der Waals surface area contributed by atoms with Crippen LogP contribution in [0.3, 0.4) is 0 Å². The van der Waals surface area contributed by atoms with Gasteiger partial charge in [0.15, 0.2) is 18.1 Å². The minimum absolute atomic E-state index is 0.0784. The average molecular weight is 360 g/mol. The number of amides is 1. The number of ether oxygens (including phenoxy) is 1. The summed E-state index contributed by atoms with van der Waals surface area (Å²) in [5.41, 5.74) is 2.74. The Bertz CT molecular complexity index is 1130. The summed E-state index contributed by atoms with van der Waals surface area (Å²) in [6, 6.07) is 17.5. The summed E-state index contributed by atoms with van der Waals surface area (Å²) in [5, 5.41) is 9.19. The lowest BCUT2D eigenvalue weighted by molar-refractivity contribution is -0.118. The maximum atomic E-state index is 12.4. The van der Waals surface area contributed by atoms with E-state index in [4.69, 9.17) is 9.72 Å². The molecule has 1 amide bonds. The van der Waals surface area contributed by atoms with Crippen molar-refractivity contribution >= 4 is 33.7 Å². The van der Waals surface area contributed by atoms with Gasteiger partial charge in [-0.05, 0) is 43.7 Å².